The van der Waals surface area contributed by atoms with Crippen LogP contribution < -0.4 is 0 Å². The maximum atomic E-state index is 13.2. The van der Waals surface area contributed by atoms with Crippen LogP contribution in [0.5, 0.6) is 0 Å². The number of Topliss-reactive ketones (excluding diaryl/α,β-unsaturated/α-hetero) is 1. The van der Waals surface area contributed by atoms with E-state index in [0.29, 0.717) is 5.56 Å². The summed E-state index contributed by atoms with van der Waals surface area (Å²) in [5.74, 6) is -0.275. The van der Waals surface area contributed by atoms with Crippen LogP contribution in [-0.4, -0.2) is 10.8 Å². The third-order valence-electron chi connectivity index (χ3n) is 2.84. The Hall–Kier alpha value is -2.03. The molecule has 0 aliphatic rings. The molecule has 2 aromatic rings. The van der Waals surface area contributed by atoms with Gasteiger partial charge in [-0.2, -0.15) is 0 Å². The summed E-state index contributed by atoms with van der Waals surface area (Å²) >= 11 is 0. The van der Waals surface area contributed by atoms with E-state index in [1.807, 2.05) is 20.8 Å². The molecule has 19 heavy (non-hydrogen) atoms. The molecule has 1 aromatic carbocycles. The first-order valence-corrected chi connectivity index (χ1v) is 6.14. The van der Waals surface area contributed by atoms with Crippen LogP contribution in [0.1, 0.15) is 31.1 Å². The molecule has 0 bridgehead atoms. The number of nitrogens with zero attached hydrogens (tertiary/aromatic N) is 1. The Labute approximate surface area is 112 Å². The maximum Gasteiger partial charge on any atom is 0.169 e. The van der Waals surface area contributed by atoms with Crippen LogP contribution in [0.25, 0.3) is 11.1 Å². The van der Waals surface area contributed by atoms with Crippen molar-refractivity contribution in [3.63, 3.8) is 0 Å². The number of benzene rings is 1. The number of carbonyl (C=O) groups excluding carboxylic acids is 1. The predicted octanol–water partition coefficient (Wildman–Crippen LogP) is 4.12. The highest BCUT2D eigenvalue weighted by atomic mass is 19.1. The van der Waals surface area contributed by atoms with Crippen LogP contribution in [0.3, 0.4) is 0 Å². The quantitative estimate of drug-likeness (QED) is 0.757. The van der Waals surface area contributed by atoms with Gasteiger partial charge in [0.1, 0.15) is 5.82 Å². The molecule has 0 atom stereocenters. The average Bonchev–Trinajstić information content (AvgIpc) is 2.37. The van der Waals surface area contributed by atoms with Gasteiger partial charge in [-0.1, -0.05) is 32.9 Å². The van der Waals surface area contributed by atoms with Crippen molar-refractivity contribution >= 4 is 5.78 Å². The Morgan fingerprint density at radius 3 is 2.47 bits per heavy atom. The lowest BCUT2D eigenvalue weighted by Gasteiger charge is -2.16. The molecule has 2 rings (SSSR count). The second-order valence-electron chi connectivity index (χ2n) is 5.55. The van der Waals surface area contributed by atoms with Gasteiger partial charge in [0.25, 0.3) is 0 Å². The van der Waals surface area contributed by atoms with E-state index < -0.39 is 5.41 Å². The number of hydrogen-bond acceptors (Lipinski definition) is 2. The molecule has 0 spiro atoms. The van der Waals surface area contributed by atoms with Crippen LogP contribution in [0.15, 0.2) is 42.7 Å². The normalized spacial score (nSPS) is 11.4. The van der Waals surface area contributed by atoms with E-state index in [0.717, 1.165) is 11.1 Å². The molecule has 3 heteroatoms. The summed E-state index contributed by atoms with van der Waals surface area (Å²) in [5.41, 5.74) is 1.56. The van der Waals surface area contributed by atoms with E-state index in [9.17, 15) is 9.18 Å². The molecule has 0 aliphatic heterocycles. The van der Waals surface area contributed by atoms with Gasteiger partial charge in [0.05, 0.1) is 0 Å². The van der Waals surface area contributed by atoms with Crippen LogP contribution in [-0.2, 0) is 0 Å². The Kier molecular flexibility index (Phi) is 3.47. The molecular formula is C16H16FNO. The molecule has 0 amide bonds. The molecule has 1 heterocycles. The Morgan fingerprint density at radius 1 is 1.11 bits per heavy atom. The Balaban J connectivity index is 2.43. The first-order valence-electron chi connectivity index (χ1n) is 6.14. The van der Waals surface area contributed by atoms with E-state index in [-0.39, 0.29) is 11.6 Å². The van der Waals surface area contributed by atoms with E-state index in [4.69, 9.17) is 0 Å². The number of pyridine rings is 1. The van der Waals surface area contributed by atoms with Crippen molar-refractivity contribution in [2.75, 3.05) is 0 Å². The van der Waals surface area contributed by atoms with Crippen LogP contribution in [0.2, 0.25) is 0 Å². The summed E-state index contributed by atoms with van der Waals surface area (Å²) in [5, 5.41) is 0. The molecule has 0 saturated heterocycles. The predicted molar refractivity (Wildman–Crippen MR) is 73.4 cm³/mol. The fourth-order valence-electron chi connectivity index (χ4n) is 1.82. The van der Waals surface area contributed by atoms with E-state index >= 15 is 0 Å². The van der Waals surface area contributed by atoms with Crippen molar-refractivity contribution in [1.82, 2.24) is 4.98 Å². The van der Waals surface area contributed by atoms with Crippen molar-refractivity contribution in [2.45, 2.75) is 20.8 Å². The second-order valence-corrected chi connectivity index (χ2v) is 5.55. The topological polar surface area (TPSA) is 30.0 Å². The largest absolute Gasteiger partial charge is 0.294 e. The van der Waals surface area contributed by atoms with E-state index in [2.05, 4.69) is 4.98 Å². The number of hydrogen-bond donors (Lipinski definition) is 0. The minimum atomic E-state index is -0.456. The maximum absolute atomic E-state index is 13.2. The first-order chi connectivity index (χ1) is 8.88. The minimum Gasteiger partial charge on any atom is -0.294 e. The lowest BCUT2D eigenvalue weighted by Crippen LogP contribution is -2.20. The highest BCUT2D eigenvalue weighted by molar-refractivity contribution is 6.00. The van der Waals surface area contributed by atoms with Gasteiger partial charge >= 0.3 is 0 Å². The summed E-state index contributed by atoms with van der Waals surface area (Å²) in [6.45, 7) is 5.60. The van der Waals surface area contributed by atoms with Crippen LogP contribution in [0.4, 0.5) is 4.39 Å². The minimum absolute atomic E-state index is 0.0262. The number of carbonyl (C=O) groups is 1. The molecule has 0 unspecified atom stereocenters. The highest BCUT2D eigenvalue weighted by Gasteiger charge is 2.23. The zero-order chi connectivity index (χ0) is 14.0. The van der Waals surface area contributed by atoms with Gasteiger partial charge in [-0.3, -0.25) is 9.78 Å². The molecule has 0 N–H and O–H groups in total. The van der Waals surface area contributed by atoms with Crippen molar-refractivity contribution < 1.29 is 9.18 Å². The SMILES string of the molecule is CC(C)(C)C(=O)c1cncc(-c2cccc(F)c2)c1. The molecule has 98 valence electrons. The van der Waals surface area contributed by atoms with Gasteiger partial charge in [0.2, 0.25) is 0 Å². The lowest BCUT2D eigenvalue weighted by atomic mass is 9.86. The van der Waals surface area contributed by atoms with Gasteiger partial charge in [-0.05, 0) is 23.8 Å². The number of rotatable bonds is 2. The van der Waals surface area contributed by atoms with Crippen molar-refractivity contribution in [3.05, 3.63) is 54.1 Å². The van der Waals surface area contributed by atoms with Gasteiger partial charge in [-0.25, -0.2) is 4.39 Å². The van der Waals surface area contributed by atoms with Crippen LogP contribution in [0, 0.1) is 11.2 Å². The summed E-state index contributed by atoms with van der Waals surface area (Å²) in [6.07, 6.45) is 3.19. The van der Waals surface area contributed by atoms with Gasteiger partial charge in [-0.15, -0.1) is 0 Å². The van der Waals surface area contributed by atoms with Gasteiger partial charge in [0, 0.05) is 28.9 Å². The number of ketones is 1. The zero-order valence-electron chi connectivity index (χ0n) is 11.3. The highest BCUT2D eigenvalue weighted by Crippen LogP contribution is 2.24. The fraction of sp³-hybridized carbons (Fsp3) is 0.250. The third kappa shape index (κ3) is 3.05. The van der Waals surface area contributed by atoms with Crippen molar-refractivity contribution in [3.8, 4) is 11.1 Å². The summed E-state index contributed by atoms with van der Waals surface area (Å²) in [6, 6.07) is 8.02. The fourth-order valence-corrected chi connectivity index (χ4v) is 1.82. The standard InChI is InChI=1S/C16H16FNO/c1-16(2,3)15(19)13-7-12(9-18-10-13)11-5-4-6-14(17)8-11/h4-10H,1-3H3. The molecule has 0 saturated carbocycles. The molecule has 0 radical (unpaired) electrons. The summed E-state index contributed by atoms with van der Waals surface area (Å²) in [7, 11) is 0. The summed E-state index contributed by atoms with van der Waals surface area (Å²) < 4.78 is 13.2. The lowest BCUT2D eigenvalue weighted by molar-refractivity contribution is 0.0858. The van der Waals surface area contributed by atoms with Crippen molar-refractivity contribution in [2.24, 2.45) is 5.41 Å². The Morgan fingerprint density at radius 2 is 1.84 bits per heavy atom. The zero-order valence-corrected chi connectivity index (χ0v) is 11.3. The average molecular weight is 257 g/mol. The second kappa shape index (κ2) is 4.92. The monoisotopic (exact) mass is 257 g/mol. The van der Waals surface area contributed by atoms with Crippen molar-refractivity contribution in [1.29, 1.82) is 0 Å². The number of halogens is 1. The first kappa shape index (κ1) is 13.4. The molecule has 2 nitrogen and oxygen atoms in total. The molecule has 1 aromatic heterocycles. The molecule has 0 aliphatic carbocycles. The van der Waals surface area contributed by atoms with Crippen LogP contribution >= 0.6 is 0 Å². The number of aromatic nitrogens is 1. The summed E-state index contributed by atoms with van der Waals surface area (Å²) in [4.78, 5) is 16.3. The Bertz CT molecular complexity index is 614. The molecular weight excluding hydrogens is 241 g/mol. The van der Waals surface area contributed by atoms with Gasteiger partial charge < -0.3 is 0 Å². The van der Waals surface area contributed by atoms with Gasteiger partial charge in [0.15, 0.2) is 5.78 Å². The van der Waals surface area contributed by atoms with E-state index in [1.54, 1.807) is 30.6 Å². The molecule has 0 fully saturated rings. The third-order valence-corrected chi connectivity index (χ3v) is 2.84. The van der Waals surface area contributed by atoms with E-state index in [1.165, 1.54) is 12.1 Å². The smallest absolute Gasteiger partial charge is 0.169 e.